The third-order valence-electron chi connectivity index (χ3n) is 5.63. The number of carbonyl (C=O) groups excluding carboxylic acids is 1. The Balaban J connectivity index is 1.41. The fraction of sp³-hybridized carbons (Fsp3) is 0.261. The zero-order valence-electron chi connectivity index (χ0n) is 16.3. The van der Waals surface area contributed by atoms with Gasteiger partial charge in [-0.3, -0.25) is 4.79 Å². The number of nitrogens with zero attached hydrogens (tertiary/aromatic N) is 3. The van der Waals surface area contributed by atoms with Crippen LogP contribution in [0.25, 0.3) is 16.6 Å². The maximum Gasteiger partial charge on any atom is 0.253 e. The lowest BCUT2D eigenvalue weighted by molar-refractivity contribution is 0.0683. The van der Waals surface area contributed by atoms with E-state index in [0.717, 1.165) is 49.1 Å². The van der Waals surface area contributed by atoms with E-state index in [1.165, 1.54) is 12.4 Å². The summed E-state index contributed by atoms with van der Waals surface area (Å²) in [5.74, 6) is 0.660. The number of hydrogen-bond acceptors (Lipinski definition) is 4. The van der Waals surface area contributed by atoms with Gasteiger partial charge in [0.15, 0.2) is 0 Å². The molecule has 3 aromatic rings. The Labute approximate surface area is 170 Å². The van der Waals surface area contributed by atoms with Crippen LogP contribution >= 0.6 is 0 Å². The average molecular weight is 387 g/mol. The highest BCUT2D eigenvalue weighted by Crippen LogP contribution is 2.24. The van der Waals surface area contributed by atoms with Crippen molar-refractivity contribution in [2.75, 3.05) is 13.1 Å². The Morgan fingerprint density at radius 3 is 2.59 bits per heavy atom. The zero-order chi connectivity index (χ0) is 20.2. The molecule has 0 bridgehead atoms. The molecule has 0 saturated carbocycles. The quantitative estimate of drug-likeness (QED) is 0.657. The summed E-state index contributed by atoms with van der Waals surface area (Å²) in [6, 6.07) is 15.5. The van der Waals surface area contributed by atoms with Crippen molar-refractivity contribution < 1.29 is 4.79 Å². The summed E-state index contributed by atoms with van der Waals surface area (Å²) >= 11 is 0. The van der Waals surface area contributed by atoms with Crippen molar-refractivity contribution in [3.63, 3.8) is 0 Å². The molecule has 6 nitrogen and oxygen atoms in total. The molecule has 148 valence electrons. The monoisotopic (exact) mass is 387 g/mol. The second kappa shape index (κ2) is 8.31. The van der Waals surface area contributed by atoms with E-state index in [4.69, 9.17) is 11.1 Å². The fourth-order valence-corrected chi connectivity index (χ4v) is 3.96. The van der Waals surface area contributed by atoms with Crippen LogP contribution in [0.1, 0.15) is 28.9 Å². The van der Waals surface area contributed by atoms with Crippen molar-refractivity contribution >= 4 is 28.7 Å². The van der Waals surface area contributed by atoms with Gasteiger partial charge in [-0.2, -0.15) is 0 Å². The van der Waals surface area contributed by atoms with Crippen LogP contribution in [0.5, 0.6) is 0 Å². The number of likely N-dealkylation sites (tertiary alicyclic amines) is 1. The molecule has 1 aromatic carbocycles. The smallest absolute Gasteiger partial charge is 0.253 e. The summed E-state index contributed by atoms with van der Waals surface area (Å²) < 4.78 is 2.24. The minimum atomic E-state index is 0.127. The summed E-state index contributed by atoms with van der Waals surface area (Å²) in [6.07, 6.45) is 6.69. The van der Waals surface area contributed by atoms with E-state index >= 15 is 0 Å². The Morgan fingerprint density at radius 2 is 1.90 bits per heavy atom. The second-order valence-corrected chi connectivity index (χ2v) is 7.44. The van der Waals surface area contributed by atoms with Crippen LogP contribution < -0.4 is 5.73 Å². The first-order chi connectivity index (χ1) is 14.2. The number of nitrogens with two attached hydrogens (primary N) is 1. The molecule has 0 spiro atoms. The molecule has 3 N–H and O–H groups in total. The first kappa shape index (κ1) is 18.9. The van der Waals surface area contributed by atoms with Gasteiger partial charge in [-0.15, -0.1) is 0 Å². The van der Waals surface area contributed by atoms with Crippen molar-refractivity contribution in [3.8, 4) is 0 Å². The molecule has 3 heterocycles. The lowest BCUT2D eigenvalue weighted by Gasteiger charge is -2.32. The van der Waals surface area contributed by atoms with Gasteiger partial charge in [-0.05, 0) is 49.1 Å². The van der Waals surface area contributed by atoms with Crippen LogP contribution in [0.4, 0.5) is 0 Å². The first-order valence-electron chi connectivity index (χ1n) is 9.92. The number of aromatic nitrogens is 2. The standard InChI is InChI=1S/C23H25N5O/c24-14-19(15-25)20-6-7-22-21(26-20)10-13-28(22)16-17-8-11-27(12-9-17)23(29)18-4-2-1-3-5-18/h1-7,10,13-15,17,24H,8-9,11-12,16,25H2/b19-15+,24-14?. The number of fused-ring (bicyclic) bond motifs is 1. The molecule has 0 radical (unpaired) electrons. The third-order valence-corrected chi connectivity index (χ3v) is 5.63. The molecule has 0 aliphatic carbocycles. The van der Waals surface area contributed by atoms with E-state index in [1.54, 1.807) is 0 Å². The predicted molar refractivity (Wildman–Crippen MR) is 116 cm³/mol. The minimum absolute atomic E-state index is 0.127. The van der Waals surface area contributed by atoms with E-state index in [-0.39, 0.29) is 5.91 Å². The van der Waals surface area contributed by atoms with Gasteiger partial charge >= 0.3 is 0 Å². The topological polar surface area (TPSA) is 88.0 Å². The number of amides is 1. The number of allylic oxidation sites excluding steroid dienone is 1. The number of rotatable bonds is 5. The van der Waals surface area contributed by atoms with E-state index in [2.05, 4.69) is 15.7 Å². The van der Waals surface area contributed by atoms with Crippen molar-refractivity contribution in [3.05, 3.63) is 72.2 Å². The molecule has 1 amide bonds. The number of piperidine rings is 1. The lowest BCUT2D eigenvalue weighted by atomic mass is 9.96. The number of hydrogen-bond donors (Lipinski definition) is 2. The van der Waals surface area contributed by atoms with E-state index in [1.807, 2.05) is 53.4 Å². The number of benzene rings is 1. The summed E-state index contributed by atoms with van der Waals surface area (Å²) in [5, 5.41) is 7.44. The van der Waals surface area contributed by atoms with Gasteiger partial charge in [-0.25, -0.2) is 4.98 Å². The zero-order valence-corrected chi connectivity index (χ0v) is 16.3. The summed E-state index contributed by atoms with van der Waals surface area (Å²) in [6.45, 7) is 2.51. The van der Waals surface area contributed by atoms with E-state index in [0.29, 0.717) is 17.2 Å². The largest absolute Gasteiger partial charge is 0.404 e. The predicted octanol–water partition coefficient (Wildman–Crippen LogP) is 3.54. The maximum absolute atomic E-state index is 12.6. The Kier molecular flexibility index (Phi) is 5.42. The van der Waals surface area contributed by atoms with Crippen LogP contribution in [0, 0.1) is 11.3 Å². The molecule has 4 rings (SSSR count). The second-order valence-electron chi connectivity index (χ2n) is 7.44. The van der Waals surface area contributed by atoms with Crippen molar-refractivity contribution in [2.24, 2.45) is 11.7 Å². The van der Waals surface area contributed by atoms with E-state index < -0.39 is 0 Å². The summed E-state index contributed by atoms with van der Waals surface area (Å²) in [7, 11) is 0. The minimum Gasteiger partial charge on any atom is -0.404 e. The normalized spacial score (nSPS) is 15.6. The summed E-state index contributed by atoms with van der Waals surface area (Å²) in [5.41, 5.74) is 9.64. The van der Waals surface area contributed by atoms with Gasteiger partial charge in [0.2, 0.25) is 0 Å². The van der Waals surface area contributed by atoms with Crippen LogP contribution in [0.15, 0.2) is 60.9 Å². The molecular weight excluding hydrogens is 362 g/mol. The molecular formula is C23H25N5O. The fourth-order valence-electron chi connectivity index (χ4n) is 3.96. The van der Waals surface area contributed by atoms with Crippen molar-refractivity contribution in [1.82, 2.24) is 14.5 Å². The van der Waals surface area contributed by atoms with Crippen LogP contribution in [0.3, 0.4) is 0 Å². The Hall–Kier alpha value is -3.41. The highest BCUT2D eigenvalue weighted by molar-refractivity contribution is 6.07. The molecule has 1 saturated heterocycles. The first-order valence-corrected chi connectivity index (χ1v) is 9.92. The molecule has 0 unspecified atom stereocenters. The van der Waals surface area contributed by atoms with Gasteiger partial charge in [-0.1, -0.05) is 18.2 Å². The molecule has 1 aliphatic heterocycles. The SMILES string of the molecule is N=C/C(=C\N)c1ccc2c(ccn2CC2CCN(C(=O)c3ccccc3)CC2)n1. The molecule has 1 fully saturated rings. The Bertz CT molecular complexity index is 1050. The maximum atomic E-state index is 12.6. The highest BCUT2D eigenvalue weighted by Gasteiger charge is 2.24. The molecule has 6 heteroatoms. The number of carbonyl (C=O) groups is 1. The average Bonchev–Trinajstić information content (AvgIpc) is 3.17. The van der Waals surface area contributed by atoms with E-state index in [9.17, 15) is 4.79 Å². The molecule has 2 aromatic heterocycles. The van der Waals surface area contributed by atoms with Crippen molar-refractivity contribution in [2.45, 2.75) is 19.4 Å². The van der Waals surface area contributed by atoms with Crippen LogP contribution in [-0.2, 0) is 6.54 Å². The van der Waals surface area contributed by atoms with Gasteiger partial charge < -0.3 is 20.6 Å². The molecule has 1 aliphatic rings. The molecule has 0 atom stereocenters. The van der Waals surface area contributed by atoms with Crippen LogP contribution in [0.2, 0.25) is 0 Å². The van der Waals surface area contributed by atoms with Gasteiger partial charge in [0.05, 0.1) is 16.7 Å². The summed E-state index contributed by atoms with van der Waals surface area (Å²) in [4.78, 5) is 19.2. The van der Waals surface area contributed by atoms with Crippen molar-refractivity contribution in [1.29, 1.82) is 5.41 Å². The van der Waals surface area contributed by atoms with Gasteiger partial charge in [0.25, 0.3) is 5.91 Å². The molecule has 29 heavy (non-hydrogen) atoms. The van der Waals surface area contributed by atoms with Gasteiger partial charge in [0, 0.05) is 49.4 Å². The number of nitrogens with one attached hydrogen (secondary N) is 1. The lowest BCUT2D eigenvalue weighted by Crippen LogP contribution is -2.39. The number of pyridine rings is 1. The van der Waals surface area contributed by atoms with Crippen LogP contribution in [-0.4, -0.2) is 39.7 Å². The van der Waals surface area contributed by atoms with Gasteiger partial charge in [0.1, 0.15) is 0 Å². The third kappa shape index (κ3) is 3.92. The highest BCUT2D eigenvalue weighted by atomic mass is 16.2. The Morgan fingerprint density at radius 1 is 1.14 bits per heavy atom.